The Hall–Kier alpha value is -1.18. The Kier molecular flexibility index (Phi) is 4.31. The summed E-state index contributed by atoms with van der Waals surface area (Å²) in [4.78, 5) is 23.9. The topological polar surface area (TPSA) is 91.8 Å². The molecule has 0 saturated carbocycles. The van der Waals surface area contributed by atoms with E-state index in [0.717, 1.165) is 0 Å². The molecule has 18 heavy (non-hydrogen) atoms. The molecule has 1 amide bonds. The molecule has 3 unspecified atom stereocenters. The predicted molar refractivity (Wildman–Crippen MR) is 61.0 cm³/mol. The van der Waals surface area contributed by atoms with Gasteiger partial charge in [0.1, 0.15) is 5.25 Å². The molecule has 1 saturated heterocycles. The van der Waals surface area contributed by atoms with Crippen LogP contribution in [0, 0.1) is 11.8 Å². The molecular formula is C10H16FNO5S. The summed E-state index contributed by atoms with van der Waals surface area (Å²) in [6, 6.07) is 0. The first-order valence-corrected chi connectivity index (χ1v) is 7.04. The molecule has 0 aliphatic carbocycles. The van der Waals surface area contributed by atoms with Crippen LogP contribution in [-0.2, 0) is 19.8 Å². The van der Waals surface area contributed by atoms with Gasteiger partial charge in [-0.15, -0.1) is 3.89 Å². The Morgan fingerprint density at radius 1 is 1.33 bits per heavy atom. The zero-order valence-corrected chi connectivity index (χ0v) is 11.0. The average Bonchev–Trinajstić information content (AvgIpc) is 2.74. The van der Waals surface area contributed by atoms with E-state index in [1.54, 1.807) is 0 Å². The number of likely N-dealkylation sites (tertiary alicyclic amines) is 1. The number of carboxylic acids is 1. The van der Waals surface area contributed by atoms with E-state index in [-0.39, 0.29) is 19.5 Å². The molecule has 0 aromatic carbocycles. The minimum Gasteiger partial charge on any atom is -0.481 e. The monoisotopic (exact) mass is 281 g/mol. The van der Waals surface area contributed by atoms with Crippen LogP contribution in [-0.4, -0.2) is 48.6 Å². The third kappa shape index (κ3) is 3.18. The van der Waals surface area contributed by atoms with Crippen LogP contribution in [0.5, 0.6) is 0 Å². The molecule has 0 aromatic heterocycles. The summed E-state index contributed by atoms with van der Waals surface area (Å²) in [5.41, 5.74) is 0. The number of carboxylic acid groups (broad SMARTS) is 1. The van der Waals surface area contributed by atoms with Gasteiger partial charge in [-0.05, 0) is 6.42 Å². The molecule has 8 heteroatoms. The second-order valence-electron chi connectivity index (χ2n) is 4.59. The van der Waals surface area contributed by atoms with E-state index in [1.165, 1.54) is 18.7 Å². The standard InChI is InChI=1S/C10H16FNO5S/c1-6(7(2)10(14)15)9(13)12-4-3-8(5-12)18(11,16)17/h6-8H,3-5H2,1-2H3,(H,14,15). The van der Waals surface area contributed by atoms with Crippen molar-refractivity contribution in [1.29, 1.82) is 0 Å². The van der Waals surface area contributed by atoms with E-state index in [4.69, 9.17) is 5.11 Å². The number of rotatable bonds is 4. The molecule has 0 bridgehead atoms. The first kappa shape index (κ1) is 14.9. The number of aliphatic carboxylic acids is 1. The molecule has 1 aliphatic rings. The van der Waals surface area contributed by atoms with Gasteiger partial charge in [-0.3, -0.25) is 9.59 Å². The van der Waals surface area contributed by atoms with Gasteiger partial charge in [-0.25, -0.2) is 0 Å². The smallest absolute Gasteiger partial charge is 0.307 e. The average molecular weight is 281 g/mol. The van der Waals surface area contributed by atoms with Crippen LogP contribution < -0.4 is 0 Å². The van der Waals surface area contributed by atoms with Crippen LogP contribution in [0.2, 0.25) is 0 Å². The number of carbonyl (C=O) groups is 2. The second-order valence-corrected chi connectivity index (χ2v) is 6.20. The second kappa shape index (κ2) is 5.21. The molecule has 1 heterocycles. The number of nitrogens with zero attached hydrogens (tertiary/aromatic N) is 1. The van der Waals surface area contributed by atoms with Gasteiger partial charge in [-0.2, -0.15) is 8.42 Å². The van der Waals surface area contributed by atoms with Gasteiger partial charge in [0, 0.05) is 19.0 Å². The molecule has 6 nitrogen and oxygen atoms in total. The maximum atomic E-state index is 12.8. The highest BCUT2D eigenvalue weighted by Gasteiger charge is 2.38. The third-order valence-corrected chi connectivity index (χ3v) is 4.56. The number of halogens is 1. The van der Waals surface area contributed by atoms with Crippen molar-refractivity contribution in [2.75, 3.05) is 13.1 Å². The van der Waals surface area contributed by atoms with Gasteiger partial charge < -0.3 is 10.0 Å². The number of hydrogen-bond acceptors (Lipinski definition) is 4. The van der Waals surface area contributed by atoms with Crippen molar-refractivity contribution in [3.8, 4) is 0 Å². The highest BCUT2D eigenvalue weighted by atomic mass is 32.3. The fourth-order valence-electron chi connectivity index (χ4n) is 1.87. The summed E-state index contributed by atoms with van der Waals surface area (Å²) < 4.78 is 34.2. The van der Waals surface area contributed by atoms with E-state index in [0.29, 0.717) is 0 Å². The number of carbonyl (C=O) groups excluding carboxylic acids is 1. The minimum atomic E-state index is -4.64. The van der Waals surface area contributed by atoms with Crippen LogP contribution in [0.25, 0.3) is 0 Å². The van der Waals surface area contributed by atoms with Crippen molar-refractivity contribution in [1.82, 2.24) is 4.90 Å². The fourth-order valence-corrected chi connectivity index (χ4v) is 2.62. The summed E-state index contributed by atoms with van der Waals surface area (Å²) in [5, 5.41) is 7.61. The van der Waals surface area contributed by atoms with E-state index in [9.17, 15) is 21.9 Å². The Labute approximate surface area is 105 Å². The summed E-state index contributed by atoms with van der Waals surface area (Å²) in [6.45, 7) is 2.82. The predicted octanol–water partition coefficient (Wildman–Crippen LogP) is 0.243. The lowest BCUT2D eigenvalue weighted by atomic mass is 9.95. The maximum absolute atomic E-state index is 12.8. The highest BCUT2D eigenvalue weighted by molar-refractivity contribution is 7.87. The lowest BCUT2D eigenvalue weighted by molar-refractivity contribution is -0.148. The molecule has 104 valence electrons. The summed E-state index contributed by atoms with van der Waals surface area (Å²) in [5.74, 6) is -3.16. The fraction of sp³-hybridized carbons (Fsp3) is 0.800. The van der Waals surface area contributed by atoms with Crippen molar-refractivity contribution >= 4 is 22.1 Å². The molecule has 0 radical (unpaired) electrons. The molecular weight excluding hydrogens is 265 g/mol. The Bertz CT molecular complexity index is 449. The normalized spacial score (nSPS) is 23.7. The van der Waals surface area contributed by atoms with Crippen molar-refractivity contribution in [3.63, 3.8) is 0 Å². The lowest BCUT2D eigenvalue weighted by Crippen LogP contribution is -2.38. The van der Waals surface area contributed by atoms with Crippen LogP contribution >= 0.6 is 0 Å². The van der Waals surface area contributed by atoms with Crippen LogP contribution in [0.3, 0.4) is 0 Å². The first-order chi connectivity index (χ1) is 8.14. The van der Waals surface area contributed by atoms with E-state index in [2.05, 4.69) is 0 Å². The van der Waals surface area contributed by atoms with E-state index >= 15 is 0 Å². The van der Waals surface area contributed by atoms with Gasteiger partial charge in [0.25, 0.3) is 0 Å². The molecule has 0 aromatic rings. The summed E-state index contributed by atoms with van der Waals surface area (Å²) >= 11 is 0. The molecule has 1 fully saturated rings. The van der Waals surface area contributed by atoms with Gasteiger partial charge in [0.05, 0.1) is 5.92 Å². The Morgan fingerprint density at radius 2 is 1.89 bits per heavy atom. The molecule has 3 atom stereocenters. The molecule has 0 spiro atoms. The van der Waals surface area contributed by atoms with Crippen molar-refractivity contribution in [2.24, 2.45) is 11.8 Å². The molecule has 1 aliphatic heterocycles. The maximum Gasteiger partial charge on any atom is 0.307 e. The van der Waals surface area contributed by atoms with Gasteiger partial charge in [0.15, 0.2) is 0 Å². The van der Waals surface area contributed by atoms with Crippen LogP contribution in [0.1, 0.15) is 20.3 Å². The zero-order chi connectivity index (χ0) is 14.1. The van der Waals surface area contributed by atoms with Gasteiger partial charge in [0.2, 0.25) is 5.91 Å². The van der Waals surface area contributed by atoms with Crippen molar-refractivity contribution in [2.45, 2.75) is 25.5 Å². The molecule has 1 N–H and O–H groups in total. The van der Waals surface area contributed by atoms with Crippen molar-refractivity contribution in [3.05, 3.63) is 0 Å². The van der Waals surface area contributed by atoms with Gasteiger partial charge >= 0.3 is 16.2 Å². The van der Waals surface area contributed by atoms with Crippen LogP contribution in [0.4, 0.5) is 3.89 Å². The SMILES string of the molecule is CC(C(=O)O)C(C)C(=O)N1CCC(S(=O)(=O)F)C1. The van der Waals surface area contributed by atoms with E-state index in [1.807, 2.05) is 0 Å². The minimum absolute atomic E-state index is 0.0543. The quantitative estimate of drug-likeness (QED) is 0.745. The largest absolute Gasteiger partial charge is 0.481 e. The zero-order valence-electron chi connectivity index (χ0n) is 10.2. The third-order valence-electron chi connectivity index (χ3n) is 3.38. The Morgan fingerprint density at radius 3 is 2.28 bits per heavy atom. The van der Waals surface area contributed by atoms with E-state index < -0.39 is 39.2 Å². The summed E-state index contributed by atoms with van der Waals surface area (Å²) in [6.07, 6.45) is 0.0543. The first-order valence-electron chi connectivity index (χ1n) is 5.59. The number of amides is 1. The van der Waals surface area contributed by atoms with Crippen LogP contribution in [0.15, 0.2) is 0 Å². The van der Waals surface area contributed by atoms with Gasteiger partial charge in [-0.1, -0.05) is 13.8 Å². The highest BCUT2D eigenvalue weighted by Crippen LogP contribution is 2.22. The number of hydrogen-bond donors (Lipinski definition) is 1. The summed E-state index contributed by atoms with van der Waals surface area (Å²) in [7, 11) is -4.64. The van der Waals surface area contributed by atoms with Crippen molar-refractivity contribution < 1.29 is 27.0 Å². The Balaban J connectivity index is 2.68. The lowest BCUT2D eigenvalue weighted by Gasteiger charge is -2.22. The molecule has 1 rings (SSSR count).